The summed E-state index contributed by atoms with van der Waals surface area (Å²) in [6.45, 7) is 5.29. The number of nitrogens with one attached hydrogen (secondary N) is 1. The Bertz CT molecular complexity index is 834. The Kier molecular flexibility index (Phi) is 5.77. The van der Waals surface area contributed by atoms with Crippen LogP contribution in [-0.2, 0) is 18.3 Å². The Morgan fingerprint density at radius 3 is 2.74 bits per heavy atom. The van der Waals surface area contributed by atoms with Crippen LogP contribution >= 0.6 is 0 Å². The van der Waals surface area contributed by atoms with Gasteiger partial charge in [-0.2, -0.15) is 5.10 Å². The van der Waals surface area contributed by atoms with Gasteiger partial charge < -0.3 is 10.2 Å². The lowest BCUT2D eigenvalue weighted by atomic mass is 10.0. The maximum atomic E-state index is 13.4. The predicted molar refractivity (Wildman–Crippen MR) is 101 cm³/mol. The molecular formula is C20H26F2N4O. The van der Waals surface area contributed by atoms with Gasteiger partial charge in [-0.1, -0.05) is 0 Å². The molecule has 0 radical (unpaired) electrons. The van der Waals surface area contributed by atoms with Crippen molar-refractivity contribution >= 4 is 11.6 Å². The van der Waals surface area contributed by atoms with E-state index in [4.69, 9.17) is 0 Å². The second-order valence-corrected chi connectivity index (χ2v) is 7.23. The minimum Gasteiger partial charge on any atom is -0.380 e. The molecule has 0 saturated carbocycles. The number of carbonyl (C=O) groups excluding carboxylic acids is 1. The van der Waals surface area contributed by atoms with Gasteiger partial charge in [-0.15, -0.1) is 0 Å². The lowest BCUT2D eigenvalue weighted by Gasteiger charge is -2.34. The quantitative estimate of drug-likeness (QED) is 0.871. The molecule has 1 saturated heterocycles. The van der Waals surface area contributed by atoms with Crippen LogP contribution in [0.3, 0.4) is 0 Å². The van der Waals surface area contributed by atoms with Gasteiger partial charge in [-0.25, -0.2) is 8.78 Å². The van der Waals surface area contributed by atoms with Crippen molar-refractivity contribution in [2.24, 2.45) is 7.05 Å². The smallest absolute Gasteiger partial charge is 0.222 e. The van der Waals surface area contributed by atoms with Gasteiger partial charge in [0, 0.05) is 50.0 Å². The summed E-state index contributed by atoms with van der Waals surface area (Å²) < 4.78 is 28.3. The number of amides is 1. The molecule has 0 unspecified atom stereocenters. The molecule has 3 rings (SSSR count). The van der Waals surface area contributed by atoms with E-state index < -0.39 is 11.6 Å². The zero-order chi connectivity index (χ0) is 19.6. The summed E-state index contributed by atoms with van der Waals surface area (Å²) in [4.78, 5) is 14.5. The summed E-state index contributed by atoms with van der Waals surface area (Å²) in [5.74, 6) is -1.61. The molecule has 1 aromatic carbocycles. The summed E-state index contributed by atoms with van der Waals surface area (Å²) >= 11 is 0. The molecule has 0 aliphatic carbocycles. The van der Waals surface area contributed by atoms with Gasteiger partial charge in [0.2, 0.25) is 5.91 Å². The van der Waals surface area contributed by atoms with E-state index in [2.05, 4.69) is 10.4 Å². The van der Waals surface area contributed by atoms with Crippen molar-refractivity contribution in [3.8, 4) is 0 Å². The van der Waals surface area contributed by atoms with Crippen molar-refractivity contribution in [2.45, 2.75) is 45.6 Å². The Labute approximate surface area is 158 Å². The molecule has 1 amide bonds. The normalized spacial score (nSPS) is 17.2. The number of aryl methyl sites for hydroxylation is 2. The van der Waals surface area contributed by atoms with Crippen molar-refractivity contribution in [1.29, 1.82) is 0 Å². The summed E-state index contributed by atoms with van der Waals surface area (Å²) in [6.07, 6.45) is 2.91. The molecule has 1 atom stereocenters. The molecular weight excluding hydrogens is 350 g/mol. The topological polar surface area (TPSA) is 50.2 Å². The molecule has 1 aromatic heterocycles. The van der Waals surface area contributed by atoms with Crippen LogP contribution in [0.15, 0.2) is 18.2 Å². The monoisotopic (exact) mass is 376 g/mol. The van der Waals surface area contributed by atoms with E-state index in [0.717, 1.165) is 48.5 Å². The van der Waals surface area contributed by atoms with E-state index in [1.165, 1.54) is 6.07 Å². The van der Waals surface area contributed by atoms with Crippen LogP contribution in [0.4, 0.5) is 14.5 Å². The van der Waals surface area contributed by atoms with Crippen LogP contribution in [0.1, 0.15) is 36.2 Å². The highest BCUT2D eigenvalue weighted by Crippen LogP contribution is 2.20. The third kappa shape index (κ3) is 4.46. The van der Waals surface area contributed by atoms with Gasteiger partial charge in [0.25, 0.3) is 0 Å². The number of hydrogen-bond donors (Lipinski definition) is 1. The minimum absolute atomic E-state index is 0.0365. The molecule has 0 spiro atoms. The number of halogens is 2. The van der Waals surface area contributed by atoms with E-state index in [9.17, 15) is 13.6 Å². The Morgan fingerprint density at radius 1 is 1.30 bits per heavy atom. The highest BCUT2D eigenvalue weighted by Gasteiger charge is 2.24. The number of hydrogen-bond acceptors (Lipinski definition) is 3. The van der Waals surface area contributed by atoms with Gasteiger partial charge in [0.15, 0.2) is 11.6 Å². The van der Waals surface area contributed by atoms with Crippen LogP contribution in [0, 0.1) is 25.5 Å². The first-order valence-electron chi connectivity index (χ1n) is 9.33. The Balaban J connectivity index is 1.56. The number of carbonyl (C=O) groups is 1. The van der Waals surface area contributed by atoms with E-state index in [-0.39, 0.29) is 11.9 Å². The van der Waals surface area contributed by atoms with Crippen molar-refractivity contribution in [3.63, 3.8) is 0 Å². The van der Waals surface area contributed by atoms with Crippen molar-refractivity contribution in [1.82, 2.24) is 14.7 Å². The molecule has 146 valence electrons. The summed E-state index contributed by atoms with van der Waals surface area (Å²) in [5.41, 5.74) is 3.74. The molecule has 0 bridgehead atoms. The average molecular weight is 376 g/mol. The van der Waals surface area contributed by atoms with Gasteiger partial charge >= 0.3 is 0 Å². The zero-order valence-electron chi connectivity index (χ0n) is 16.1. The summed E-state index contributed by atoms with van der Waals surface area (Å²) in [5, 5.41) is 7.61. The van der Waals surface area contributed by atoms with E-state index >= 15 is 0 Å². The first kappa shape index (κ1) is 19.3. The van der Waals surface area contributed by atoms with Crippen LogP contribution in [0.2, 0.25) is 0 Å². The second-order valence-electron chi connectivity index (χ2n) is 7.23. The van der Waals surface area contributed by atoms with E-state index in [0.29, 0.717) is 25.1 Å². The highest BCUT2D eigenvalue weighted by atomic mass is 19.2. The molecule has 5 nitrogen and oxygen atoms in total. The van der Waals surface area contributed by atoms with Crippen molar-refractivity contribution in [3.05, 3.63) is 46.8 Å². The number of aromatic nitrogens is 2. The molecule has 7 heteroatoms. The zero-order valence-corrected chi connectivity index (χ0v) is 16.1. The van der Waals surface area contributed by atoms with E-state index in [1.807, 2.05) is 30.5 Å². The molecule has 27 heavy (non-hydrogen) atoms. The maximum absolute atomic E-state index is 13.4. The van der Waals surface area contributed by atoms with Crippen LogP contribution < -0.4 is 5.32 Å². The number of anilines is 1. The Morgan fingerprint density at radius 2 is 2.07 bits per heavy atom. The molecule has 2 aromatic rings. The van der Waals surface area contributed by atoms with Crippen molar-refractivity contribution in [2.75, 3.05) is 18.4 Å². The number of piperidine rings is 1. The average Bonchev–Trinajstić information content (AvgIpc) is 2.88. The van der Waals surface area contributed by atoms with Crippen molar-refractivity contribution < 1.29 is 13.6 Å². The summed E-state index contributed by atoms with van der Waals surface area (Å²) in [6, 6.07) is 3.83. The number of likely N-dealkylation sites (tertiary alicyclic amines) is 1. The largest absolute Gasteiger partial charge is 0.380 e. The van der Waals surface area contributed by atoms with Crippen LogP contribution in [0.5, 0.6) is 0 Å². The van der Waals surface area contributed by atoms with Gasteiger partial charge in [-0.05, 0) is 50.8 Å². The standard InChI is InChI=1S/C20H26F2N4O/c1-13-17(14(2)25(3)24-13)7-9-20(27)26-10-4-5-16(12-26)23-15-6-8-18(21)19(22)11-15/h6,8,11,16,23H,4-5,7,9-10,12H2,1-3H3/t16-/m0/s1. The minimum atomic E-state index is -0.869. The van der Waals surface area contributed by atoms with Gasteiger partial charge in [0.05, 0.1) is 5.69 Å². The molecule has 1 fully saturated rings. The Hall–Kier alpha value is -2.44. The highest BCUT2D eigenvalue weighted by molar-refractivity contribution is 5.76. The van der Waals surface area contributed by atoms with Crippen LogP contribution in [0.25, 0.3) is 0 Å². The third-order valence-corrected chi connectivity index (χ3v) is 5.31. The number of benzene rings is 1. The third-order valence-electron chi connectivity index (χ3n) is 5.31. The van der Waals surface area contributed by atoms with Gasteiger partial charge in [-0.3, -0.25) is 9.48 Å². The molecule has 1 N–H and O–H groups in total. The second kappa shape index (κ2) is 8.06. The van der Waals surface area contributed by atoms with Crippen LogP contribution in [-0.4, -0.2) is 39.7 Å². The molecule has 2 heterocycles. The van der Waals surface area contributed by atoms with E-state index in [1.54, 1.807) is 0 Å². The SMILES string of the molecule is Cc1nn(C)c(C)c1CCC(=O)N1CCC[C@H](Nc2ccc(F)c(F)c2)C1. The first-order valence-corrected chi connectivity index (χ1v) is 9.33. The fraction of sp³-hybridized carbons (Fsp3) is 0.500. The lowest BCUT2D eigenvalue weighted by molar-refractivity contribution is -0.132. The molecule has 1 aliphatic rings. The lowest BCUT2D eigenvalue weighted by Crippen LogP contribution is -2.45. The fourth-order valence-electron chi connectivity index (χ4n) is 3.71. The molecule has 1 aliphatic heterocycles. The summed E-state index contributed by atoms with van der Waals surface area (Å²) in [7, 11) is 1.91. The predicted octanol–water partition coefficient (Wildman–Crippen LogP) is 3.35. The number of nitrogens with zero attached hydrogens (tertiary/aromatic N) is 3. The maximum Gasteiger partial charge on any atom is 0.222 e. The first-order chi connectivity index (χ1) is 12.8. The fourth-order valence-corrected chi connectivity index (χ4v) is 3.71. The van der Waals surface area contributed by atoms with Gasteiger partial charge in [0.1, 0.15) is 0 Å². The number of rotatable bonds is 5.